The molecule has 1 aromatic carbocycles. The molecule has 1 unspecified atom stereocenters. The minimum Gasteiger partial charge on any atom is -0.508 e. The van der Waals surface area contributed by atoms with Crippen molar-refractivity contribution < 1.29 is 14.6 Å². The minimum atomic E-state index is 0.158. The maximum absolute atomic E-state index is 9.27. The van der Waals surface area contributed by atoms with Gasteiger partial charge in [-0.2, -0.15) is 0 Å². The van der Waals surface area contributed by atoms with Gasteiger partial charge < -0.3 is 14.6 Å². The number of aromatic hydroxyl groups is 1. The number of epoxide rings is 1. The van der Waals surface area contributed by atoms with Crippen molar-refractivity contribution >= 4 is 0 Å². The van der Waals surface area contributed by atoms with Gasteiger partial charge >= 0.3 is 0 Å². The zero-order valence-corrected chi connectivity index (χ0v) is 6.78. The van der Waals surface area contributed by atoms with Gasteiger partial charge in [-0.3, -0.25) is 0 Å². The number of benzene rings is 1. The highest BCUT2D eigenvalue weighted by Gasteiger charge is 2.25. The van der Waals surface area contributed by atoms with Crippen molar-refractivity contribution in [1.82, 2.24) is 0 Å². The molecule has 64 valence electrons. The second kappa shape index (κ2) is 2.68. The van der Waals surface area contributed by atoms with Crippen LogP contribution in [-0.2, 0) is 4.74 Å². The van der Waals surface area contributed by atoms with Crippen LogP contribution in [0.2, 0.25) is 0 Å². The molecule has 3 nitrogen and oxygen atoms in total. The Morgan fingerprint density at radius 3 is 2.83 bits per heavy atom. The average molecular weight is 166 g/mol. The van der Waals surface area contributed by atoms with Gasteiger partial charge in [0.25, 0.3) is 0 Å². The van der Waals surface area contributed by atoms with Crippen LogP contribution in [0, 0.1) is 0 Å². The maximum atomic E-state index is 9.27. The predicted octanol–water partition coefficient (Wildman–Crippen LogP) is 1.47. The van der Waals surface area contributed by atoms with E-state index in [9.17, 15) is 5.11 Å². The Morgan fingerprint density at radius 1 is 1.50 bits per heavy atom. The molecule has 1 atom stereocenters. The van der Waals surface area contributed by atoms with E-state index in [4.69, 9.17) is 9.47 Å². The number of hydrogen-bond donors (Lipinski definition) is 1. The van der Waals surface area contributed by atoms with Crippen LogP contribution in [0.4, 0.5) is 0 Å². The van der Waals surface area contributed by atoms with Gasteiger partial charge in [0.05, 0.1) is 13.7 Å². The minimum absolute atomic E-state index is 0.158. The van der Waals surface area contributed by atoms with Crippen molar-refractivity contribution in [2.45, 2.75) is 6.10 Å². The summed E-state index contributed by atoms with van der Waals surface area (Å²) >= 11 is 0. The fourth-order valence-corrected chi connectivity index (χ4v) is 1.15. The van der Waals surface area contributed by atoms with Gasteiger partial charge in [-0.25, -0.2) is 0 Å². The Bertz CT molecular complexity index is 292. The van der Waals surface area contributed by atoms with Crippen molar-refractivity contribution in [3.05, 3.63) is 23.8 Å². The lowest BCUT2D eigenvalue weighted by atomic mass is 10.1. The van der Waals surface area contributed by atoms with Crippen molar-refractivity contribution in [2.75, 3.05) is 13.7 Å². The zero-order valence-electron chi connectivity index (χ0n) is 6.78. The first kappa shape index (κ1) is 7.43. The van der Waals surface area contributed by atoms with Crippen molar-refractivity contribution in [2.24, 2.45) is 0 Å². The summed E-state index contributed by atoms with van der Waals surface area (Å²) in [4.78, 5) is 0. The molecule has 1 aliphatic heterocycles. The van der Waals surface area contributed by atoms with Crippen molar-refractivity contribution in [3.63, 3.8) is 0 Å². The van der Waals surface area contributed by atoms with Crippen molar-refractivity contribution in [3.8, 4) is 11.5 Å². The highest BCUT2D eigenvalue weighted by Crippen LogP contribution is 2.34. The second-order valence-electron chi connectivity index (χ2n) is 2.79. The zero-order chi connectivity index (χ0) is 8.55. The smallest absolute Gasteiger partial charge is 0.122 e. The highest BCUT2D eigenvalue weighted by atomic mass is 16.6. The summed E-state index contributed by atoms with van der Waals surface area (Å²) in [6.45, 7) is 0.743. The van der Waals surface area contributed by atoms with Gasteiger partial charge in [-0.15, -0.1) is 0 Å². The summed E-state index contributed by atoms with van der Waals surface area (Å²) < 4.78 is 10.1. The van der Waals surface area contributed by atoms with Crippen LogP contribution in [-0.4, -0.2) is 18.8 Å². The van der Waals surface area contributed by atoms with E-state index in [0.29, 0.717) is 5.75 Å². The summed E-state index contributed by atoms with van der Waals surface area (Å²) in [5.74, 6) is 0.889. The maximum Gasteiger partial charge on any atom is 0.122 e. The number of phenolic OH excluding ortho intramolecular Hbond substituents is 1. The van der Waals surface area contributed by atoms with Gasteiger partial charge in [0.15, 0.2) is 0 Å². The molecule has 0 radical (unpaired) electrons. The topological polar surface area (TPSA) is 42.0 Å². The molecule has 12 heavy (non-hydrogen) atoms. The molecule has 1 N–H and O–H groups in total. The fourth-order valence-electron chi connectivity index (χ4n) is 1.15. The Kier molecular flexibility index (Phi) is 1.66. The summed E-state index contributed by atoms with van der Waals surface area (Å²) in [7, 11) is 1.58. The number of ether oxygens (including phenoxy) is 2. The Hall–Kier alpha value is -1.22. The second-order valence-corrected chi connectivity index (χ2v) is 2.79. The Labute approximate surface area is 70.5 Å². The molecule has 2 rings (SSSR count). The third-order valence-electron chi connectivity index (χ3n) is 1.85. The molecular weight excluding hydrogens is 156 g/mol. The van der Waals surface area contributed by atoms with E-state index >= 15 is 0 Å². The van der Waals surface area contributed by atoms with Crippen LogP contribution in [0.25, 0.3) is 0 Å². The van der Waals surface area contributed by atoms with E-state index in [1.807, 2.05) is 6.07 Å². The van der Waals surface area contributed by atoms with E-state index in [1.165, 1.54) is 0 Å². The molecule has 1 saturated heterocycles. The fraction of sp³-hybridized carbons (Fsp3) is 0.333. The Morgan fingerprint density at radius 2 is 2.25 bits per heavy atom. The van der Waals surface area contributed by atoms with E-state index < -0.39 is 0 Å². The van der Waals surface area contributed by atoms with E-state index in [2.05, 4.69) is 0 Å². The first-order chi connectivity index (χ1) is 5.79. The van der Waals surface area contributed by atoms with E-state index in [0.717, 1.165) is 12.2 Å². The van der Waals surface area contributed by atoms with Crippen molar-refractivity contribution in [1.29, 1.82) is 0 Å². The molecule has 1 aliphatic rings. The molecule has 0 bridgehead atoms. The molecule has 1 aromatic rings. The first-order valence-electron chi connectivity index (χ1n) is 3.79. The van der Waals surface area contributed by atoms with Gasteiger partial charge in [-0.05, 0) is 17.7 Å². The molecule has 1 heterocycles. The largest absolute Gasteiger partial charge is 0.508 e. The van der Waals surface area contributed by atoms with Crippen LogP contribution in [0.1, 0.15) is 11.7 Å². The molecule has 0 spiro atoms. The van der Waals surface area contributed by atoms with Crippen LogP contribution < -0.4 is 4.74 Å². The molecule has 0 aromatic heterocycles. The van der Waals surface area contributed by atoms with Crippen LogP contribution in [0.3, 0.4) is 0 Å². The van der Waals surface area contributed by atoms with E-state index in [-0.39, 0.29) is 11.9 Å². The lowest BCUT2D eigenvalue weighted by Crippen LogP contribution is -1.86. The molecule has 3 heteroatoms. The van der Waals surface area contributed by atoms with Gasteiger partial charge in [-0.1, -0.05) is 0 Å². The molecule has 0 amide bonds. The standard InChI is InChI=1S/C9H10O3/c1-11-8-3-6(9-5-12-9)2-7(10)4-8/h2-4,9-10H,5H2,1H3. The third kappa shape index (κ3) is 1.36. The van der Waals surface area contributed by atoms with Gasteiger partial charge in [0.2, 0.25) is 0 Å². The Balaban J connectivity index is 2.34. The predicted molar refractivity (Wildman–Crippen MR) is 43.4 cm³/mol. The molecular formula is C9H10O3. The number of phenols is 1. The number of rotatable bonds is 2. The molecule has 1 fully saturated rings. The lowest BCUT2D eigenvalue weighted by molar-refractivity contribution is 0.397. The normalized spacial score (nSPS) is 20.6. The summed E-state index contributed by atoms with van der Waals surface area (Å²) in [6.07, 6.45) is 0.158. The van der Waals surface area contributed by atoms with Crippen LogP contribution in [0.5, 0.6) is 11.5 Å². The molecule has 0 saturated carbocycles. The summed E-state index contributed by atoms with van der Waals surface area (Å²) in [6, 6.07) is 5.14. The molecule has 0 aliphatic carbocycles. The quantitative estimate of drug-likeness (QED) is 0.676. The first-order valence-corrected chi connectivity index (χ1v) is 3.79. The number of hydrogen-bond acceptors (Lipinski definition) is 3. The monoisotopic (exact) mass is 166 g/mol. The van der Waals surface area contributed by atoms with Gasteiger partial charge in [0, 0.05) is 6.07 Å². The SMILES string of the molecule is COc1cc(O)cc(C2CO2)c1. The van der Waals surface area contributed by atoms with Crippen LogP contribution >= 0.6 is 0 Å². The summed E-state index contributed by atoms with van der Waals surface area (Å²) in [5.41, 5.74) is 0.979. The third-order valence-corrected chi connectivity index (χ3v) is 1.85. The lowest BCUT2D eigenvalue weighted by Gasteiger charge is -2.02. The van der Waals surface area contributed by atoms with Gasteiger partial charge in [0.1, 0.15) is 17.6 Å². The van der Waals surface area contributed by atoms with Crippen LogP contribution in [0.15, 0.2) is 18.2 Å². The summed E-state index contributed by atoms with van der Waals surface area (Å²) in [5, 5.41) is 9.27. The average Bonchev–Trinajstić information content (AvgIpc) is 2.85. The highest BCUT2D eigenvalue weighted by molar-refractivity contribution is 5.39. The van der Waals surface area contributed by atoms with E-state index in [1.54, 1.807) is 19.2 Å². The number of methoxy groups -OCH3 is 1.